The first-order valence-electron chi connectivity index (χ1n) is 32.0. The average Bonchev–Trinajstić information content (AvgIpc) is 1.77. The van der Waals surface area contributed by atoms with Gasteiger partial charge in [0.25, 0.3) is 0 Å². The van der Waals surface area contributed by atoms with Crippen molar-refractivity contribution in [1.82, 2.24) is 90.5 Å². The second-order valence-corrected chi connectivity index (χ2v) is 25.3. The fourth-order valence-electron chi connectivity index (χ4n) is 11.9. The monoisotopic (exact) mass is 1320 g/mol. The second kappa shape index (κ2) is 26.7. The maximum absolute atomic E-state index is 14.3. The van der Waals surface area contributed by atoms with Crippen LogP contribution in [0.5, 0.6) is 0 Å². The summed E-state index contributed by atoms with van der Waals surface area (Å²) in [4.78, 5) is 40.9. The van der Waals surface area contributed by atoms with Crippen LogP contribution in [0.1, 0.15) is 70.7 Å². The first-order valence-corrected chi connectivity index (χ1v) is 32.0. The van der Waals surface area contributed by atoms with Gasteiger partial charge in [-0.1, -0.05) is 30.3 Å². The Kier molecular flexibility index (Phi) is 17.2. The molecule has 0 atom stereocenters. The van der Waals surface area contributed by atoms with Crippen LogP contribution in [-0.2, 0) is 17.0 Å². The fourth-order valence-corrected chi connectivity index (χ4v) is 11.9. The van der Waals surface area contributed by atoms with Gasteiger partial charge >= 0.3 is 0 Å². The Morgan fingerprint density at radius 1 is 0.384 bits per heavy atom. The van der Waals surface area contributed by atoms with Gasteiger partial charge in [-0.25, -0.2) is 28.1 Å². The van der Waals surface area contributed by atoms with E-state index >= 15 is 0 Å². The van der Waals surface area contributed by atoms with Crippen molar-refractivity contribution < 1.29 is 13.2 Å². The third kappa shape index (κ3) is 13.9. The van der Waals surface area contributed by atoms with Gasteiger partial charge < -0.3 is 26.2 Å². The number of anilines is 8. The Labute approximate surface area is 564 Å². The minimum Gasteiger partial charge on any atom is -0.340 e. The summed E-state index contributed by atoms with van der Waals surface area (Å²) < 4.78 is 43.0. The van der Waals surface area contributed by atoms with Gasteiger partial charge in [0.2, 0.25) is 5.65 Å². The Balaban J connectivity index is 0.000000113. The number of H-pyrrole nitrogens is 4. The van der Waals surface area contributed by atoms with Crippen LogP contribution in [0, 0.1) is 0 Å². The number of rotatable bonds is 12. The Morgan fingerprint density at radius 3 is 1.32 bits per heavy atom. The van der Waals surface area contributed by atoms with Crippen molar-refractivity contribution in [3.05, 3.63) is 218 Å². The number of aromatic nitrogens is 17. The molecular weight excluding hydrogens is 1250 g/mol. The maximum Gasteiger partial charge on any atom is 0.201 e. The van der Waals surface area contributed by atoms with Gasteiger partial charge in [0.05, 0.1) is 39.2 Å². The first-order chi connectivity index (χ1) is 47.8. The van der Waals surface area contributed by atoms with Crippen LogP contribution in [0.25, 0.3) is 92.9 Å². The summed E-state index contributed by atoms with van der Waals surface area (Å²) in [7, 11) is 2.15. The molecule has 13 heterocycles. The zero-order chi connectivity index (χ0) is 68.4. The molecule has 0 unspecified atom stereocenters. The van der Waals surface area contributed by atoms with Crippen LogP contribution in [0.2, 0.25) is 0 Å². The second-order valence-electron chi connectivity index (χ2n) is 25.3. The highest BCUT2D eigenvalue weighted by Crippen LogP contribution is 2.37. The smallest absolute Gasteiger partial charge is 0.201 e. The lowest BCUT2D eigenvalue weighted by atomic mass is 9.99. The number of pyridine rings is 7. The number of fused-ring (bicyclic) bond motifs is 8. The van der Waals surface area contributed by atoms with Gasteiger partial charge in [-0.15, -0.1) is 0 Å². The first kappa shape index (κ1) is 64.0. The van der Waals surface area contributed by atoms with Crippen molar-refractivity contribution in [3.63, 3.8) is 0 Å². The van der Waals surface area contributed by atoms with E-state index in [-0.39, 0.29) is 0 Å². The molecule has 0 spiro atoms. The molecule has 12 aromatic heterocycles. The molecule has 1 aliphatic heterocycles. The normalized spacial score (nSPS) is 12.8. The number of nitrogens with one attached hydrogen (secondary N) is 8. The van der Waals surface area contributed by atoms with E-state index in [2.05, 4.69) is 149 Å². The van der Waals surface area contributed by atoms with Gasteiger partial charge in [0, 0.05) is 113 Å². The van der Waals surface area contributed by atoms with E-state index in [1.807, 2.05) is 115 Å². The third-order valence-electron chi connectivity index (χ3n) is 16.7. The zero-order valence-electron chi connectivity index (χ0n) is 55.0. The van der Waals surface area contributed by atoms with Crippen molar-refractivity contribution in [3.8, 4) is 0 Å². The van der Waals surface area contributed by atoms with Crippen molar-refractivity contribution in [1.29, 1.82) is 0 Å². The van der Waals surface area contributed by atoms with E-state index in [4.69, 9.17) is 0 Å². The lowest BCUT2D eigenvalue weighted by Gasteiger charge is -2.22. The van der Waals surface area contributed by atoms with Crippen molar-refractivity contribution >= 4 is 139 Å². The summed E-state index contributed by atoms with van der Waals surface area (Å²) in [6.45, 7) is 11.1. The number of nitrogens with zero attached hydrogens (tertiary/aromatic N) is 14. The minimum atomic E-state index is -1.50. The summed E-state index contributed by atoms with van der Waals surface area (Å²) in [6, 6.07) is 42.6. The molecule has 494 valence electrons. The van der Waals surface area contributed by atoms with Crippen LogP contribution >= 0.6 is 0 Å². The maximum atomic E-state index is 14.3. The summed E-state index contributed by atoms with van der Waals surface area (Å²) in [5, 5.41) is 50.3. The average molecular weight is 1320 g/mol. The molecule has 0 fully saturated rings. The number of likely N-dealkylation sites (N-methyl/N-ethyl adjacent to an activating group) is 1. The number of halogens is 3. The lowest BCUT2D eigenvalue weighted by Crippen LogP contribution is -2.23. The van der Waals surface area contributed by atoms with Crippen LogP contribution in [-0.4, -0.2) is 111 Å². The minimum absolute atomic E-state index is 0.435. The molecule has 0 amide bonds. The standard InChI is InChI=1S/C21H20N6.2C18H16FN5.C17H15FN6/c1-27-11-7-14(8-12-27)19-17-5-4-16(13-15(17)6-10-23-19)24-21-20-18(25-26-21)3-2-9-22-20;1-18(2,19)16-13-6-5-12(10-11(13)7-9-21-16)22-17-15-14(23-24-17)4-3-8-20-15;1-18(2,19)15-13-6-5-12(10-11(13)7-9-20-15)22-17-14-4-3-8-21-16(14)23-24-17;1-17(2,18)14-12-4-3-11(9-10(12)5-6-20-14)22-16-13-15(23-24-16)21-8-7-19-13/h2-7,9-10,13H,8,11-12H2,1H3,(H2,24,25,26);3-10H,1-2H3,(H2,22,23,24);3-10H,1-2H3,(H2,21,22,23,24);3-9H,1-2H3,(H2,21,22,23,24). The largest absolute Gasteiger partial charge is 0.340 e. The summed E-state index contributed by atoms with van der Waals surface area (Å²) in [6.07, 6.45) is 18.5. The molecule has 0 aliphatic carbocycles. The molecule has 0 bridgehead atoms. The number of alkyl halides is 3. The van der Waals surface area contributed by atoms with Gasteiger partial charge in [0.15, 0.2) is 28.6 Å². The van der Waals surface area contributed by atoms with E-state index in [1.165, 1.54) is 52.5 Å². The van der Waals surface area contributed by atoms with Crippen molar-refractivity contribution in [2.24, 2.45) is 0 Å². The molecule has 1 aliphatic rings. The molecule has 4 aromatic carbocycles. The van der Waals surface area contributed by atoms with Crippen LogP contribution in [0.3, 0.4) is 0 Å². The number of benzene rings is 4. The number of hydrogen-bond acceptors (Lipinski definition) is 18. The van der Waals surface area contributed by atoms with Crippen LogP contribution in [0.4, 0.5) is 59.2 Å². The quantitative estimate of drug-likeness (QED) is 0.0564. The molecule has 22 nitrogen and oxygen atoms in total. The molecular formula is C74H67F3N22. The topological polar surface area (TPSA) is 282 Å². The molecule has 8 N–H and O–H groups in total. The predicted molar refractivity (Wildman–Crippen MR) is 386 cm³/mol. The molecule has 25 heteroatoms. The third-order valence-corrected chi connectivity index (χ3v) is 16.7. The van der Waals surface area contributed by atoms with Gasteiger partial charge in [-0.05, 0) is 191 Å². The fraction of sp³-hybridized carbons (Fsp3) is 0.176. The van der Waals surface area contributed by atoms with E-state index in [0.717, 1.165) is 125 Å². The van der Waals surface area contributed by atoms with Crippen molar-refractivity contribution in [2.45, 2.75) is 65.0 Å². The predicted octanol–water partition coefficient (Wildman–Crippen LogP) is 16.7. The van der Waals surface area contributed by atoms with Gasteiger partial charge in [0.1, 0.15) is 33.9 Å². The molecule has 17 rings (SSSR count). The van der Waals surface area contributed by atoms with Crippen LogP contribution in [0.15, 0.2) is 195 Å². The summed E-state index contributed by atoms with van der Waals surface area (Å²) >= 11 is 0. The van der Waals surface area contributed by atoms with Crippen LogP contribution < -0.4 is 21.3 Å². The highest BCUT2D eigenvalue weighted by Gasteiger charge is 2.26. The van der Waals surface area contributed by atoms with E-state index in [0.29, 0.717) is 45.5 Å². The van der Waals surface area contributed by atoms with E-state index in [9.17, 15) is 13.2 Å². The molecule has 0 saturated carbocycles. The highest BCUT2D eigenvalue weighted by atomic mass is 19.2. The molecule has 99 heavy (non-hydrogen) atoms. The number of aromatic amines is 4. The lowest BCUT2D eigenvalue weighted by molar-refractivity contribution is 0.216. The zero-order valence-corrected chi connectivity index (χ0v) is 55.0. The van der Waals surface area contributed by atoms with Gasteiger partial charge in [-0.2, -0.15) is 20.4 Å². The van der Waals surface area contributed by atoms with Gasteiger partial charge in [-0.3, -0.25) is 50.3 Å². The summed E-state index contributed by atoms with van der Waals surface area (Å²) in [5.41, 5.74) is 8.11. The number of hydrogen-bond donors (Lipinski definition) is 8. The van der Waals surface area contributed by atoms with Crippen molar-refractivity contribution in [2.75, 3.05) is 41.4 Å². The Bertz CT molecular complexity index is 5240. The summed E-state index contributed by atoms with van der Waals surface area (Å²) in [5.74, 6) is 2.83. The molecule has 0 radical (unpaired) electrons. The molecule has 0 saturated heterocycles. The Hall–Kier alpha value is -12.4. The molecule has 16 aromatic rings. The highest BCUT2D eigenvalue weighted by molar-refractivity contribution is 5.97. The Morgan fingerprint density at radius 2 is 0.808 bits per heavy atom. The van der Waals surface area contributed by atoms with E-state index in [1.54, 1.807) is 49.6 Å². The SMILES string of the molecule is CC(C)(F)c1nccc2cc(Nc3[nH]nc4ncccc34)ccc12.CC(C)(F)c1nccc2cc(Nc3[nH]nc4nccnc34)ccc12.CC(C)(F)c1nccc2cc(Nc3n[nH]c4cccnc34)ccc12.CN1CC=C(c2nccc3cc(Nc4n[nH]c5cccnc45)ccc23)CC1. The van der Waals surface area contributed by atoms with E-state index < -0.39 is 17.0 Å².